The third-order valence-corrected chi connectivity index (χ3v) is 4.55. The van der Waals surface area contributed by atoms with Crippen LogP contribution in [0.25, 0.3) is 0 Å². The molecule has 1 aliphatic rings. The highest BCUT2D eigenvalue weighted by Crippen LogP contribution is 2.14. The van der Waals surface area contributed by atoms with Crippen molar-refractivity contribution in [2.24, 2.45) is 0 Å². The maximum atomic E-state index is 12.6. The summed E-state index contributed by atoms with van der Waals surface area (Å²) in [5.41, 5.74) is -1.11. The smallest absolute Gasteiger partial charge is 0.408 e. The van der Waals surface area contributed by atoms with Gasteiger partial charge >= 0.3 is 12.1 Å². The Kier molecular flexibility index (Phi) is 7.77. The molecule has 32 heavy (non-hydrogen) atoms. The first kappa shape index (κ1) is 24.6. The molecule has 2 rings (SSSR count). The fourth-order valence-corrected chi connectivity index (χ4v) is 2.75. The average Bonchev–Trinajstić information content (AvgIpc) is 2.62. The van der Waals surface area contributed by atoms with Crippen LogP contribution < -0.4 is 10.6 Å². The predicted molar refractivity (Wildman–Crippen MR) is 120 cm³/mol. The van der Waals surface area contributed by atoms with Gasteiger partial charge in [0.2, 0.25) is 0 Å². The van der Waals surface area contributed by atoms with Crippen LogP contribution in [0.3, 0.4) is 0 Å². The molecule has 3 N–H and O–H groups in total. The molecule has 1 saturated heterocycles. The maximum absolute atomic E-state index is 12.6. The fraction of sp³-hybridized carbons (Fsp3) is 0.458. The molecule has 1 fully saturated rings. The average molecular weight is 440 g/mol. The summed E-state index contributed by atoms with van der Waals surface area (Å²) in [5.74, 6) is 6.57. The van der Waals surface area contributed by atoms with Gasteiger partial charge in [0, 0.05) is 36.2 Å². The number of likely N-dealkylation sites (tertiary alicyclic amines) is 1. The molecule has 0 saturated carbocycles. The first-order valence-electron chi connectivity index (χ1n) is 10.3. The Morgan fingerprint density at radius 2 is 1.69 bits per heavy atom. The summed E-state index contributed by atoms with van der Waals surface area (Å²) in [6.45, 7) is 10.0. The molecule has 8 nitrogen and oxygen atoms in total. The van der Waals surface area contributed by atoms with Crippen molar-refractivity contribution >= 4 is 18.0 Å². The lowest BCUT2D eigenvalue weighted by molar-refractivity contribution is -0.141. The van der Waals surface area contributed by atoms with E-state index in [0.29, 0.717) is 5.56 Å². The van der Waals surface area contributed by atoms with E-state index in [9.17, 15) is 19.5 Å². The van der Waals surface area contributed by atoms with Gasteiger partial charge in [-0.2, -0.15) is 0 Å². The van der Waals surface area contributed by atoms with Crippen LogP contribution >= 0.6 is 0 Å². The molecular weight excluding hydrogens is 410 g/mol. The van der Waals surface area contributed by atoms with Crippen LogP contribution in [0.15, 0.2) is 24.3 Å². The van der Waals surface area contributed by atoms with Crippen LogP contribution in [0.4, 0.5) is 4.79 Å². The summed E-state index contributed by atoms with van der Waals surface area (Å²) in [6.07, 6.45) is 0.380. The fourth-order valence-electron chi connectivity index (χ4n) is 2.75. The van der Waals surface area contributed by atoms with Crippen molar-refractivity contribution < 1.29 is 24.2 Å². The standard InChI is InChI=1S/C24H29N3O5/c1-23(2,3)32-22(31)26-24(4,5)19(21(29)30)25-20(28)18-12-10-17(11-13-18)9-6-7-14-27-15-8-16-27/h10-13,19H,8,15-16H2,1-5H3,(H,25,28)(H,26,31)(H,29,30). The minimum absolute atomic E-state index is 0.265. The number of hydrogen-bond donors (Lipinski definition) is 3. The van der Waals surface area contributed by atoms with E-state index in [4.69, 9.17) is 4.74 Å². The number of alkyl carbamates (subject to hydrolysis) is 1. The molecule has 0 aromatic heterocycles. The minimum atomic E-state index is -1.39. The Labute approximate surface area is 188 Å². The summed E-state index contributed by atoms with van der Waals surface area (Å²) in [5, 5.41) is 14.6. The van der Waals surface area contributed by atoms with Crippen molar-refractivity contribution in [1.29, 1.82) is 0 Å². The minimum Gasteiger partial charge on any atom is -0.480 e. The number of aliphatic carboxylic acids is 1. The van der Waals surface area contributed by atoms with E-state index >= 15 is 0 Å². The predicted octanol–water partition coefficient (Wildman–Crippen LogP) is 2.19. The Bertz CT molecular complexity index is 981. The molecule has 1 aliphatic heterocycles. The number of hydrogen-bond acceptors (Lipinski definition) is 5. The lowest BCUT2D eigenvalue weighted by Gasteiger charge is -2.33. The molecule has 0 spiro atoms. The molecule has 0 bridgehead atoms. The van der Waals surface area contributed by atoms with Gasteiger partial charge in [0.1, 0.15) is 11.6 Å². The summed E-state index contributed by atoms with van der Waals surface area (Å²) >= 11 is 0. The highest BCUT2D eigenvalue weighted by molar-refractivity contribution is 5.97. The van der Waals surface area contributed by atoms with Crippen molar-refractivity contribution in [3.8, 4) is 23.8 Å². The molecule has 1 atom stereocenters. The van der Waals surface area contributed by atoms with E-state index in [1.165, 1.54) is 13.8 Å². The molecule has 0 aliphatic carbocycles. The second-order valence-corrected chi connectivity index (χ2v) is 9.00. The lowest BCUT2D eigenvalue weighted by atomic mass is 9.94. The third kappa shape index (κ3) is 7.55. The Balaban J connectivity index is 2.03. The molecule has 170 valence electrons. The molecule has 0 radical (unpaired) electrons. The van der Waals surface area contributed by atoms with Crippen LogP contribution in [-0.4, -0.2) is 58.2 Å². The normalized spacial score (nSPS) is 13.8. The number of benzene rings is 1. The number of carbonyl (C=O) groups is 3. The Morgan fingerprint density at radius 1 is 1.06 bits per heavy atom. The van der Waals surface area contributed by atoms with Crippen LogP contribution in [0.2, 0.25) is 0 Å². The second kappa shape index (κ2) is 10.1. The van der Waals surface area contributed by atoms with Crippen molar-refractivity contribution in [3.63, 3.8) is 0 Å². The van der Waals surface area contributed by atoms with Gasteiger partial charge in [-0.1, -0.05) is 5.92 Å². The number of ether oxygens (including phenoxy) is 1. The number of rotatable bonds is 5. The monoisotopic (exact) mass is 439 g/mol. The summed E-state index contributed by atoms with van der Waals surface area (Å²) in [4.78, 5) is 38.5. The van der Waals surface area contributed by atoms with E-state index in [1.807, 2.05) is 4.90 Å². The summed E-state index contributed by atoms with van der Waals surface area (Å²) in [7, 11) is 0. The maximum Gasteiger partial charge on any atom is 0.408 e. The first-order valence-corrected chi connectivity index (χ1v) is 10.3. The van der Waals surface area contributed by atoms with Gasteiger partial charge in [0.05, 0.1) is 5.54 Å². The third-order valence-electron chi connectivity index (χ3n) is 4.55. The van der Waals surface area contributed by atoms with Crippen molar-refractivity contribution in [3.05, 3.63) is 35.4 Å². The van der Waals surface area contributed by atoms with E-state index < -0.39 is 35.2 Å². The highest BCUT2D eigenvalue weighted by Gasteiger charge is 2.39. The second-order valence-electron chi connectivity index (χ2n) is 9.00. The largest absolute Gasteiger partial charge is 0.480 e. The van der Waals surface area contributed by atoms with Crippen LogP contribution in [0.1, 0.15) is 57.0 Å². The molecule has 1 aromatic carbocycles. The zero-order chi connectivity index (χ0) is 23.9. The van der Waals surface area contributed by atoms with Crippen LogP contribution in [0, 0.1) is 23.8 Å². The number of carboxylic acid groups (broad SMARTS) is 1. The van der Waals surface area contributed by atoms with Gasteiger partial charge in [-0.3, -0.25) is 4.79 Å². The van der Waals surface area contributed by atoms with E-state index in [-0.39, 0.29) is 5.56 Å². The van der Waals surface area contributed by atoms with E-state index in [2.05, 4.69) is 34.4 Å². The molecule has 8 heteroatoms. The Hall–Kier alpha value is -3.65. The van der Waals surface area contributed by atoms with E-state index in [1.54, 1.807) is 45.0 Å². The molecule has 1 aromatic rings. The first-order chi connectivity index (χ1) is 14.9. The van der Waals surface area contributed by atoms with Gasteiger partial charge < -0.3 is 25.4 Å². The number of carboxylic acids is 1. The zero-order valence-corrected chi connectivity index (χ0v) is 19.0. The number of nitrogens with one attached hydrogen (secondary N) is 2. The van der Waals surface area contributed by atoms with Crippen molar-refractivity contribution in [1.82, 2.24) is 15.5 Å². The van der Waals surface area contributed by atoms with Gasteiger partial charge in [-0.15, -0.1) is 0 Å². The van der Waals surface area contributed by atoms with Gasteiger partial charge in [0.15, 0.2) is 0 Å². The number of nitrogens with zero attached hydrogens (tertiary/aromatic N) is 1. The topological polar surface area (TPSA) is 108 Å². The number of carbonyl (C=O) groups excluding carboxylic acids is 2. The summed E-state index contributed by atoms with van der Waals surface area (Å²) in [6, 6.07) is 7.97. The Morgan fingerprint density at radius 3 is 2.19 bits per heavy atom. The van der Waals surface area contributed by atoms with Crippen LogP contribution in [0.5, 0.6) is 0 Å². The quantitative estimate of drug-likeness (QED) is 0.607. The van der Waals surface area contributed by atoms with Crippen LogP contribution in [-0.2, 0) is 9.53 Å². The lowest BCUT2D eigenvalue weighted by Crippen LogP contribution is -2.62. The van der Waals surface area contributed by atoms with Gasteiger partial charge in [-0.05, 0) is 71.2 Å². The summed E-state index contributed by atoms with van der Waals surface area (Å²) < 4.78 is 5.19. The zero-order valence-electron chi connectivity index (χ0n) is 19.0. The van der Waals surface area contributed by atoms with Crippen molar-refractivity contribution in [2.45, 2.75) is 58.2 Å². The van der Waals surface area contributed by atoms with Gasteiger partial charge in [0.25, 0.3) is 5.91 Å². The highest BCUT2D eigenvalue weighted by atomic mass is 16.6. The van der Waals surface area contributed by atoms with Gasteiger partial charge in [-0.25, -0.2) is 9.59 Å². The molecule has 1 unspecified atom stereocenters. The van der Waals surface area contributed by atoms with Crippen molar-refractivity contribution in [2.75, 3.05) is 13.1 Å². The molecule has 1 heterocycles. The van der Waals surface area contributed by atoms with E-state index in [0.717, 1.165) is 19.5 Å². The SMILES string of the molecule is CC(C)(C)OC(=O)NC(C)(C)C(NC(=O)c1ccc(C#CC#CN2CCC2)cc1)C(=O)O. The molecular formula is C24H29N3O5. The number of amides is 2. The molecule has 2 amide bonds.